The van der Waals surface area contributed by atoms with Crippen LogP contribution in [-0.2, 0) is 16.0 Å². The zero-order chi connectivity index (χ0) is 13.7. The fourth-order valence-corrected chi connectivity index (χ4v) is 1.90. The van der Waals surface area contributed by atoms with Gasteiger partial charge in [0.05, 0.1) is 19.6 Å². The van der Waals surface area contributed by atoms with Gasteiger partial charge in [0, 0.05) is 18.8 Å². The lowest BCUT2D eigenvalue weighted by atomic mass is 10.1. The first-order valence-electron chi connectivity index (χ1n) is 6.09. The molecule has 0 unspecified atom stereocenters. The topological polar surface area (TPSA) is 78.9 Å². The van der Waals surface area contributed by atoms with E-state index in [2.05, 4.69) is 5.32 Å². The fourth-order valence-electron chi connectivity index (χ4n) is 1.90. The number of carboxylic acid groups (broad SMARTS) is 1. The Morgan fingerprint density at radius 1 is 1.32 bits per heavy atom. The van der Waals surface area contributed by atoms with Crippen LogP contribution in [0.25, 0.3) is 0 Å². The summed E-state index contributed by atoms with van der Waals surface area (Å²) in [5.74, 6) is -0.892. The number of amides is 2. The third-order valence-corrected chi connectivity index (χ3v) is 2.83. The van der Waals surface area contributed by atoms with Crippen LogP contribution in [0.1, 0.15) is 5.56 Å². The second-order valence-electron chi connectivity index (χ2n) is 4.30. The Morgan fingerprint density at radius 2 is 2.05 bits per heavy atom. The van der Waals surface area contributed by atoms with E-state index in [0.717, 1.165) is 0 Å². The maximum atomic E-state index is 11.9. The molecule has 1 fully saturated rings. The van der Waals surface area contributed by atoms with Gasteiger partial charge in [-0.2, -0.15) is 0 Å². The molecule has 6 nitrogen and oxygen atoms in total. The van der Waals surface area contributed by atoms with Crippen molar-refractivity contribution in [3.05, 3.63) is 29.8 Å². The molecule has 0 bridgehead atoms. The van der Waals surface area contributed by atoms with Crippen LogP contribution in [-0.4, -0.2) is 48.3 Å². The van der Waals surface area contributed by atoms with Gasteiger partial charge >= 0.3 is 12.0 Å². The van der Waals surface area contributed by atoms with Crippen LogP contribution in [0.2, 0.25) is 0 Å². The van der Waals surface area contributed by atoms with Crippen molar-refractivity contribution in [2.75, 3.05) is 31.6 Å². The summed E-state index contributed by atoms with van der Waals surface area (Å²) in [6.45, 7) is 2.24. The highest BCUT2D eigenvalue weighted by atomic mass is 16.5. The van der Waals surface area contributed by atoms with Gasteiger partial charge in [0.25, 0.3) is 0 Å². The van der Waals surface area contributed by atoms with Crippen molar-refractivity contribution in [1.82, 2.24) is 4.90 Å². The van der Waals surface area contributed by atoms with Crippen molar-refractivity contribution in [2.24, 2.45) is 0 Å². The van der Waals surface area contributed by atoms with E-state index in [1.807, 2.05) is 0 Å². The standard InChI is InChI=1S/C13H16N2O4/c16-12(17)9-10-2-1-3-11(8-10)14-13(18)15-4-6-19-7-5-15/h1-3,8H,4-7,9H2,(H,14,18)(H,16,17). The molecule has 0 aromatic heterocycles. The van der Waals surface area contributed by atoms with Gasteiger partial charge in [-0.05, 0) is 17.7 Å². The van der Waals surface area contributed by atoms with Crippen molar-refractivity contribution >= 4 is 17.7 Å². The van der Waals surface area contributed by atoms with Crippen LogP contribution in [0.3, 0.4) is 0 Å². The van der Waals surface area contributed by atoms with Crippen molar-refractivity contribution < 1.29 is 19.4 Å². The molecule has 0 radical (unpaired) electrons. The van der Waals surface area contributed by atoms with E-state index >= 15 is 0 Å². The number of rotatable bonds is 3. The van der Waals surface area contributed by atoms with Gasteiger partial charge in [0.2, 0.25) is 0 Å². The molecule has 19 heavy (non-hydrogen) atoms. The zero-order valence-corrected chi connectivity index (χ0v) is 10.5. The zero-order valence-electron chi connectivity index (χ0n) is 10.5. The maximum absolute atomic E-state index is 11.9. The Hall–Kier alpha value is -2.08. The van der Waals surface area contributed by atoms with E-state index in [1.54, 1.807) is 29.2 Å². The fraction of sp³-hybridized carbons (Fsp3) is 0.385. The van der Waals surface area contributed by atoms with Crippen LogP contribution in [0.15, 0.2) is 24.3 Å². The van der Waals surface area contributed by atoms with E-state index in [9.17, 15) is 9.59 Å². The van der Waals surface area contributed by atoms with Gasteiger partial charge in [-0.3, -0.25) is 4.79 Å². The number of carboxylic acids is 1. The Bertz CT molecular complexity index is 469. The summed E-state index contributed by atoms with van der Waals surface area (Å²) in [5.41, 5.74) is 1.27. The molecule has 0 atom stereocenters. The number of ether oxygens (including phenoxy) is 1. The van der Waals surface area contributed by atoms with E-state index in [0.29, 0.717) is 37.6 Å². The molecule has 1 aliphatic rings. The quantitative estimate of drug-likeness (QED) is 0.859. The number of carbonyl (C=O) groups is 2. The minimum atomic E-state index is -0.892. The monoisotopic (exact) mass is 264 g/mol. The van der Waals surface area contributed by atoms with Gasteiger partial charge in [-0.1, -0.05) is 12.1 Å². The maximum Gasteiger partial charge on any atom is 0.321 e. The third kappa shape index (κ3) is 3.96. The summed E-state index contributed by atoms with van der Waals surface area (Å²) < 4.78 is 5.18. The molecule has 6 heteroatoms. The predicted octanol–water partition coefficient (Wildman–Crippen LogP) is 1.18. The number of urea groups is 1. The molecule has 0 aliphatic carbocycles. The second-order valence-corrected chi connectivity index (χ2v) is 4.30. The molecule has 1 aliphatic heterocycles. The van der Waals surface area contributed by atoms with Crippen LogP contribution >= 0.6 is 0 Å². The molecule has 2 amide bonds. The highest BCUT2D eigenvalue weighted by Gasteiger charge is 2.16. The first-order chi connectivity index (χ1) is 9.15. The SMILES string of the molecule is O=C(O)Cc1cccc(NC(=O)N2CCOCC2)c1. The molecule has 0 spiro atoms. The van der Waals surface area contributed by atoms with E-state index < -0.39 is 5.97 Å². The van der Waals surface area contributed by atoms with Crippen LogP contribution in [0.4, 0.5) is 10.5 Å². The Labute approximate surface area is 111 Å². The van der Waals surface area contributed by atoms with Crippen LogP contribution in [0.5, 0.6) is 0 Å². The summed E-state index contributed by atoms with van der Waals surface area (Å²) in [5, 5.41) is 11.5. The number of nitrogens with zero attached hydrogens (tertiary/aromatic N) is 1. The van der Waals surface area contributed by atoms with Gasteiger partial charge in [0.15, 0.2) is 0 Å². The molecule has 1 saturated heterocycles. The average Bonchev–Trinajstić information content (AvgIpc) is 2.39. The number of anilines is 1. The minimum absolute atomic E-state index is 0.0543. The highest BCUT2D eigenvalue weighted by Crippen LogP contribution is 2.12. The van der Waals surface area contributed by atoms with E-state index in [-0.39, 0.29) is 12.5 Å². The summed E-state index contributed by atoms with van der Waals surface area (Å²) in [6, 6.07) is 6.68. The van der Waals surface area contributed by atoms with E-state index in [4.69, 9.17) is 9.84 Å². The Balaban J connectivity index is 1.97. The van der Waals surface area contributed by atoms with Gasteiger partial charge in [0.1, 0.15) is 0 Å². The van der Waals surface area contributed by atoms with Crippen molar-refractivity contribution in [3.8, 4) is 0 Å². The number of hydrogen-bond donors (Lipinski definition) is 2. The number of carbonyl (C=O) groups excluding carboxylic acids is 1. The van der Waals surface area contributed by atoms with Crippen molar-refractivity contribution in [2.45, 2.75) is 6.42 Å². The molecule has 1 aromatic rings. The van der Waals surface area contributed by atoms with Crippen LogP contribution < -0.4 is 5.32 Å². The summed E-state index contributed by atoms with van der Waals surface area (Å²) in [6.07, 6.45) is -0.0543. The average molecular weight is 264 g/mol. The lowest BCUT2D eigenvalue weighted by Crippen LogP contribution is -2.43. The molecule has 0 saturated carbocycles. The summed E-state index contributed by atoms with van der Waals surface area (Å²) in [4.78, 5) is 24.3. The molecule has 1 aromatic carbocycles. The summed E-state index contributed by atoms with van der Waals surface area (Å²) in [7, 11) is 0. The van der Waals surface area contributed by atoms with Crippen molar-refractivity contribution in [1.29, 1.82) is 0 Å². The highest BCUT2D eigenvalue weighted by molar-refractivity contribution is 5.89. The van der Waals surface area contributed by atoms with Crippen LogP contribution in [0, 0.1) is 0 Å². The Morgan fingerprint density at radius 3 is 2.74 bits per heavy atom. The molecular weight excluding hydrogens is 248 g/mol. The molecule has 2 rings (SSSR count). The number of morpholine rings is 1. The third-order valence-electron chi connectivity index (χ3n) is 2.83. The Kier molecular flexibility index (Phi) is 4.35. The normalized spacial score (nSPS) is 15.1. The molecule has 2 N–H and O–H groups in total. The van der Waals surface area contributed by atoms with Crippen molar-refractivity contribution in [3.63, 3.8) is 0 Å². The minimum Gasteiger partial charge on any atom is -0.481 e. The van der Waals surface area contributed by atoms with Gasteiger partial charge in [-0.25, -0.2) is 4.79 Å². The van der Waals surface area contributed by atoms with E-state index in [1.165, 1.54) is 0 Å². The molecular formula is C13H16N2O4. The molecule has 1 heterocycles. The number of aliphatic carboxylic acids is 1. The second kappa shape index (κ2) is 6.19. The molecule has 102 valence electrons. The number of nitrogens with one attached hydrogen (secondary N) is 1. The van der Waals surface area contributed by atoms with Gasteiger partial charge < -0.3 is 20.1 Å². The number of hydrogen-bond acceptors (Lipinski definition) is 3. The predicted molar refractivity (Wildman–Crippen MR) is 69.2 cm³/mol. The summed E-state index contributed by atoms with van der Waals surface area (Å²) >= 11 is 0. The smallest absolute Gasteiger partial charge is 0.321 e. The van der Waals surface area contributed by atoms with Gasteiger partial charge in [-0.15, -0.1) is 0 Å². The first kappa shape index (κ1) is 13.4. The lowest BCUT2D eigenvalue weighted by molar-refractivity contribution is -0.136. The largest absolute Gasteiger partial charge is 0.481 e. The lowest BCUT2D eigenvalue weighted by Gasteiger charge is -2.27. The number of benzene rings is 1. The first-order valence-corrected chi connectivity index (χ1v) is 6.09.